The molecule has 100 valence electrons. The van der Waals surface area contributed by atoms with Crippen molar-refractivity contribution in [2.45, 2.75) is 26.5 Å². The molecule has 0 spiro atoms. The molecular formula is C13H16N3O3+. The third-order valence-electron chi connectivity index (χ3n) is 2.66. The molecule has 0 fully saturated rings. The lowest BCUT2D eigenvalue weighted by Crippen LogP contribution is -2.41. The normalized spacial score (nSPS) is 10.7. The summed E-state index contributed by atoms with van der Waals surface area (Å²) in [4.78, 5) is 12.0. The van der Waals surface area contributed by atoms with Gasteiger partial charge >= 0.3 is 5.88 Å². The molecule has 0 aliphatic rings. The first-order valence-electron chi connectivity index (χ1n) is 6.01. The molecule has 2 aromatic rings. The van der Waals surface area contributed by atoms with Gasteiger partial charge in [-0.25, -0.2) is 0 Å². The SMILES string of the molecule is CC(C)[n+]1noc(NC(=O)c2ccccc2)c1CO. The zero-order chi connectivity index (χ0) is 13.8. The number of hydrogen-bond donors (Lipinski definition) is 2. The van der Waals surface area contributed by atoms with Crippen molar-refractivity contribution in [1.82, 2.24) is 5.27 Å². The first kappa shape index (κ1) is 13.2. The lowest BCUT2D eigenvalue weighted by molar-refractivity contribution is -0.786. The first-order valence-corrected chi connectivity index (χ1v) is 6.01. The minimum atomic E-state index is -0.303. The van der Waals surface area contributed by atoms with Gasteiger partial charge < -0.3 is 5.11 Å². The Balaban J connectivity index is 2.22. The van der Waals surface area contributed by atoms with E-state index in [0.29, 0.717) is 11.3 Å². The van der Waals surface area contributed by atoms with Gasteiger partial charge in [-0.3, -0.25) is 14.6 Å². The van der Waals surface area contributed by atoms with Gasteiger partial charge in [0.15, 0.2) is 6.04 Å². The minimum Gasteiger partial charge on any atom is -0.385 e. The number of carbonyl (C=O) groups is 1. The van der Waals surface area contributed by atoms with Crippen molar-refractivity contribution in [2.24, 2.45) is 0 Å². The van der Waals surface area contributed by atoms with Crippen LogP contribution in [0.3, 0.4) is 0 Å². The molecule has 0 aliphatic heterocycles. The van der Waals surface area contributed by atoms with E-state index in [9.17, 15) is 9.90 Å². The molecule has 0 unspecified atom stereocenters. The molecular weight excluding hydrogens is 246 g/mol. The van der Waals surface area contributed by atoms with Gasteiger partial charge in [0.2, 0.25) is 5.27 Å². The second kappa shape index (κ2) is 5.62. The highest BCUT2D eigenvalue weighted by molar-refractivity contribution is 6.03. The topological polar surface area (TPSA) is 79.2 Å². The summed E-state index contributed by atoms with van der Waals surface area (Å²) >= 11 is 0. The van der Waals surface area contributed by atoms with Crippen LogP contribution in [0.1, 0.15) is 35.9 Å². The van der Waals surface area contributed by atoms with E-state index < -0.39 is 0 Å². The van der Waals surface area contributed by atoms with Gasteiger partial charge in [0.05, 0.1) is 0 Å². The Kier molecular flexibility index (Phi) is 3.91. The van der Waals surface area contributed by atoms with Crippen LogP contribution in [0.4, 0.5) is 5.88 Å². The van der Waals surface area contributed by atoms with Gasteiger partial charge in [-0.15, -0.1) is 0 Å². The van der Waals surface area contributed by atoms with E-state index in [1.54, 1.807) is 24.3 Å². The average molecular weight is 262 g/mol. The minimum absolute atomic E-state index is 0.0354. The predicted molar refractivity (Wildman–Crippen MR) is 67.4 cm³/mol. The van der Waals surface area contributed by atoms with Crippen molar-refractivity contribution in [3.05, 3.63) is 41.6 Å². The predicted octanol–water partition coefficient (Wildman–Crippen LogP) is 1.29. The summed E-state index contributed by atoms with van der Waals surface area (Å²) in [6, 6.07) is 8.81. The summed E-state index contributed by atoms with van der Waals surface area (Å²) < 4.78 is 6.59. The largest absolute Gasteiger partial charge is 0.385 e. The Hall–Kier alpha value is -2.21. The van der Waals surface area contributed by atoms with Crippen LogP contribution in [0.15, 0.2) is 34.9 Å². The van der Waals surface area contributed by atoms with Crippen LogP contribution < -0.4 is 10.00 Å². The van der Waals surface area contributed by atoms with Gasteiger partial charge in [0, 0.05) is 19.4 Å². The monoisotopic (exact) mass is 262 g/mol. The zero-order valence-corrected chi connectivity index (χ0v) is 10.8. The molecule has 0 saturated carbocycles. The second-order valence-corrected chi connectivity index (χ2v) is 4.37. The Labute approximate surface area is 110 Å². The highest BCUT2D eigenvalue weighted by Crippen LogP contribution is 2.13. The van der Waals surface area contributed by atoms with E-state index in [1.807, 2.05) is 19.9 Å². The number of anilines is 1. The number of aliphatic hydroxyl groups is 1. The van der Waals surface area contributed by atoms with Gasteiger partial charge in [0.1, 0.15) is 6.61 Å². The van der Waals surface area contributed by atoms with Crippen molar-refractivity contribution >= 4 is 11.8 Å². The van der Waals surface area contributed by atoms with E-state index in [-0.39, 0.29) is 24.4 Å². The Bertz CT molecular complexity index is 564. The number of aliphatic hydroxyl groups excluding tert-OH is 1. The maximum absolute atomic E-state index is 12.0. The molecule has 2 N–H and O–H groups in total. The molecule has 1 amide bonds. The number of aromatic nitrogens is 2. The van der Waals surface area contributed by atoms with Gasteiger partial charge in [-0.05, 0) is 16.8 Å². The van der Waals surface area contributed by atoms with Crippen LogP contribution >= 0.6 is 0 Å². The fourth-order valence-electron chi connectivity index (χ4n) is 1.70. The molecule has 0 atom stereocenters. The fourth-order valence-corrected chi connectivity index (χ4v) is 1.70. The molecule has 19 heavy (non-hydrogen) atoms. The van der Waals surface area contributed by atoms with Crippen LogP contribution in [0, 0.1) is 0 Å². The van der Waals surface area contributed by atoms with Crippen molar-refractivity contribution in [3.8, 4) is 0 Å². The molecule has 1 aromatic heterocycles. The van der Waals surface area contributed by atoms with Crippen LogP contribution in [0.5, 0.6) is 0 Å². The molecule has 0 bridgehead atoms. The summed E-state index contributed by atoms with van der Waals surface area (Å²) in [7, 11) is 0. The lowest BCUT2D eigenvalue weighted by atomic mass is 10.2. The highest BCUT2D eigenvalue weighted by Gasteiger charge is 2.27. The number of carbonyl (C=O) groups excluding carboxylic acids is 1. The number of nitrogens with one attached hydrogen (secondary N) is 1. The maximum atomic E-state index is 12.0. The van der Waals surface area contributed by atoms with Crippen molar-refractivity contribution in [1.29, 1.82) is 0 Å². The zero-order valence-electron chi connectivity index (χ0n) is 10.8. The quantitative estimate of drug-likeness (QED) is 0.814. The molecule has 6 heteroatoms. The van der Waals surface area contributed by atoms with Gasteiger partial charge in [-0.2, -0.15) is 0 Å². The van der Waals surface area contributed by atoms with Crippen LogP contribution in [-0.4, -0.2) is 16.3 Å². The van der Waals surface area contributed by atoms with E-state index >= 15 is 0 Å². The smallest absolute Gasteiger partial charge is 0.308 e. The number of amides is 1. The Morgan fingerprint density at radius 3 is 2.68 bits per heavy atom. The number of benzene rings is 1. The second-order valence-electron chi connectivity index (χ2n) is 4.37. The van der Waals surface area contributed by atoms with Crippen LogP contribution in [0.25, 0.3) is 0 Å². The maximum Gasteiger partial charge on any atom is 0.308 e. The third-order valence-corrected chi connectivity index (χ3v) is 2.66. The summed E-state index contributed by atoms with van der Waals surface area (Å²) in [5.41, 5.74) is 0.957. The fraction of sp³-hybridized carbons (Fsp3) is 0.308. The molecule has 1 heterocycles. The molecule has 1 aromatic carbocycles. The molecule has 0 aliphatic carbocycles. The standard InChI is InChI=1S/C13H15N3O3/c1-9(2)16-11(8-17)13(19-15-16)14-12(18)10-6-4-3-5-7-10/h3-7,9,17H,8H2,1-2H3/p+1. The van der Waals surface area contributed by atoms with Gasteiger partial charge in [0.25, 0.3) is 11.6 Å². The lowest BCUT2D eigenvalue weighted by Gasteiger charge is -2.00. The average Bonchev–Trinajstić information content (AvgIpc) is 2.82. The number of hydrogen-bond acceptors (Lipinski definition) is 4. The highest BCUT2D eigenvalue weighted by atomic mass is 16.5. The van der Waals surface area contributed by atoms with E-state index in [0.717, 1.165) is 0 Å². The van der Waals surface area contributed by atoms with Crippen molar-refractivity contribution in [3.63, 3.8) is 0 Å². The summed E-state index contributed by atoms with van der Waals surface area (Å²) in [5, 5.41) is 15.8. The van der Waals surface area contributed by atoms with Gasteiger partial charge in [-0.1, -0.05) is 18.2 Å². The van der Waals surface area contributed by atoms with Crippen molar-refractivity contribution in [2.75, 3.05) is 5.32 Å². The summed E-state index contributed by atoms with van der Waals surface area (Å²) in [5.74, 6) is -0.132. The Morgan fingerprint density at radius 1 is 1.42 bits per heavy atom. The number of nitrogens with zero attached hydrogens (tertiary/aromatic N) is 2. The summed E-state index contributed by atoms with van der Waals surface area (Å²) in [6.07, 6.45) is 0. The molecule has 0 saturated heterocycles. The molecule has 6 nitrogen and oxygen atoms in total. The van der Waals surface area contributed by atoms with Crippen LogP contribution in [-0.2, 0) is 6.61 Å². The Morgan fingerprint density at radius 2 is 2.11 bits per heavy atom. The first-order chi connectivity index (χ1) is 9.13. The van der Waals surface area contributed by atoms with E-state index in [2.05, 4.69) is 10.6 Å². The molecule has 0 radical (unpaired) electrons. The number of rotatable bonds is 4. The van der Waals surface area contributed by atoms with E-state index in [1.165, 1.54) is 4.68 Å². The molecule has 2 rings (SSSR count). The van der Waals surface area contributed by atoms with Crippen molar-refractivity contribution < 1.29 is 19.1 Å². The van der Waals surface area contributed by atoms with E-state index in [4.69, 9.17) is 4.52 Å². The summed E-state index contributed by atoms with van der Waals surface area (Å²) in [6.45, 7) is 3.56. The third kappa shape index (κ3) is 2.79. The van der Waals surface area contributed by atoms with Crippen LogP contribution in [0.2, 0.25) is 0 Å².